The van der Waals surface area contributed by atoms with E-state index < -0.39 is 11.8 Å². The second-order valence-electron chi connectivity index (χ2n) is 7.50. The van der Waals surface area contributed by atoms with E-state index in [-0.39, 0.29) is 5.82 Å². The molecular weight excluding hydrogens is 401 g/mol. The standard InChI is InChI=1S/C21H24FN7O2/c1-14-19(15(2)29(26-14)17-5-3-4-16(22)12-17)25-20(30)21(31)28-10-8-27(9-11-28)13-18-23-6-7-24-18/h3-7,12H,8-11,13H2,1-2H3,(H,23,24)(H,25,30). The number of nitrogens with zero attached hydrogens (tertiary/aromatic N) is 5. The minimum absolute atomic E-state index is 0.378. The summed E-state index contributed by atoms with van der Waals surface area (Å²) in [5, 5.41) is 7.08. The maximum absolute atomic E-state index is 13.6. The zero-order valence-electron chi connectivity index (χ0n) is 17.4. The SMILES string of the molecule is Cc1nn(-c2cccc(F)c2)c(C)c1NC(=O)C(=O)N1CCN(Cc2ncc[nH]2)CC1. The van der Waals surface area contributed by atoms with Crippen molar-refractivity contribution in [2.45, 2.75) is 20.4 Å². The van der Waals surface area contributed by atoms with Crippen molar-refractivity contribution in [3.05, 3.63) is 59.7 Å². The van der Waals surface area contributed by atoms with Crippen LogP contribution in [0.1, 0.15) is 17.2 Å². The van der Waals surface area contributed by atoms with Crippen LogP contribution in [0.4, 0.5) is 10.1 Å². The lowest BCUT2D eigenvalue weighted by atomic mass is 10.2. The number of carbonyl (C=O) groups is 2. The lowest BCUT2D eigenvalue weighted by molar-refractivity contribution is -0.144. The van der Waals surface area contributed by atoms with Crippen molar-refractivity contribution in [1.82, 2.24) is 29.5 Å². The van der Waals surface area contributed by atoms with Gasteiger partial charge in [0.15, 0.2) is 0 Å². The molecule has 1 aromatic carbocycles. The molecule has 0 spiro atoms. The fourth-order valence-corrected chi connectivity index (χ4v) is 3.70. The van der Waals surface area contributed by atoms with Crippen LogP contribution >= 0.6 is 0 Å². The molecule has 0 bridgehead atoms. The third-order valence-electron chi connectivity index (χ3n) is 5.36. The predicted molar refractivity (Wildman–Crippen MR) is 112 cm³/mol. The summed E-state index contributed by atoms with van der Waals surface area (Å²) >= 11 is 0. The van der Waals surface area contributed by atoms with Crippen LogP contribution in [0, 0.1) is 19.7 Å². The number of hydrogen-bond donors (Lipinski definition) is 2. The third kappa shape index (κ3) is 4.48. The topological polar surface area (TPSA) is 99.2 Å². The fraction of sp³-hybridized carbons (Fsp3) is 0.333. The molecule has 9 nitrogen and oxygen atoms in total. The highest BCUT2D eigenvalue weighted by molar-refractivity contribution is 6.39. The van der Waals surface area contributed by atoms with Gasteiger partial charge in [0.05, 0.1) is 29.3 Å². The van der Waals surface area contributed by atoms with Crippen LogP contribution in [0.15, 0.2) is 36.7 Å². The molecule has 4 rings (SSSR count). The van der Waals surface area contributed by atoms with Crippen LogP contribution < -0.4 is 5.32 Å². The lowest BCUT2D eigenvalue weighted by Gasteiger charge is -2.33. The van der Waals surface area contributed by atoms with E-state index in [9.17, 15) is 14.0 Å². The molecule has 0 unspecified atom stereocenters. The molecule has 2 amide bonds. The zero-order chi connectivity index (χ0) is 22.0. The number of anilines is 1. The molecule has 0 radical (unpaired) electrons. The molecule has 162 valence electrons. The normalized spacial score (nSPS) is 14.6. The number of aryl methyl sites for hydroxylation is 1. The van der Waals surface area contributed by atoms with Gasteiger partial charge in [-0.2, -0.15) is 5.10 Å². The van der Waals surface area contributed by atoms with Crippen molar-refractivity contribution in [3.63, 3.8) is 0 Å². The first-order valence-electron chi connectivity index (χ1n) is 10.1. The monoisotopic (exact) mass is 425 g/mol. The third-order valence-corrected chi connectivity index (χ3v) is 5.36. The van der Waals surface area contributed by atoms with Crippen molar-refractivity contribution in [2.24, 2.45) is 0 Å². The molecule has 1 aliphatic rings. The largest absolute Gasteiger partial charge is 0.348 e. The van der Waals surface area contributed by atoms with Gasteiger partial charge in [-0.3, -0.25) is 14.5 Å². The number of hydrogen-bond acceptors (Lipinski definition) is 5. The first kappa shape index (κ1) is 20.7. The molecule has 31 heavy (non-hydrogen) atoms. The van der Waals surface area contributed by atoms with Gasteiger partial charge in [-0.05, 0) is 32.0 Å². The van der Waals surface area contributed by atoms with Crippen LogP contribution in [-0.2, 0) is 16.1 Å². The van der Waals surface area contributed by atoms with Gasteiger partial charge in [0, 0.05) is 38.6 Å². The molecule has 0 atom stereocenters. The summed E-state index contributed by atoms with van der Waals surface area (Å²) in [5.74, 6) is -0.782. The van der Waals surface area contributed by atoms with Crippen LogP contribution in [0.25, 0.3) is 5.69 Å². The lowest BCUT2D eigenvalue weighted by Crippen LogP contribution is -2.51. The molecule has 0 saturated carbocycles. The van der Waals surface area contributed by atoms with E-state index in [2.05, 4.69) is 25.3 Å². The Bertz CT molecular complexity index is 1090. The second kappa shape index (κ2) is 8.68. The second-order valence-corrected chi connectivity index (χ2v) is 7.50. The van der Waals surface area contributed by atoms with Crippen molar-refractivity contribution in [1.29, 1.82) is 0 Å². The molecule has 2 aromatic heterocycles. The molecule has 1 saturated heterocycles. The number of carbonyl (C=O) groups excluding carboxylic acids is 2. The number of nitrogens with one attached hydrogen (secondary N) is 2. The Morgan fingerprint density at radius 1 is 1.19 bits per heavy atom. The van der Waals surface area contributed by atoms with E-state index in [0.717, 1.165) is 5.82 Å². The van der Waals surface area contributed by atoms with E-state index in [1.165, 1.54) is 12.1 Å². The summed E-state index contributed by atoms with van der Waals surface area (Å²) in [5.41, 5.74) is 2.16. The van der Waals surface area contributed by atoms with E-state index in [1.807, 2.05) is 0 Å². The van der Waals surface area contributed by atoms with Crippen molar-refractivity contribution < 1.29 is 14.0 Å². The number of aromatic nitrogens is 4. The minimum atomic E-state index is -0.704. The summed E-state index contributed by atoms with van der Waals surface area (Å²) < 4.78 is 15.1. The first-order chi connectivity index (χ1) is 14.9. The Morgan fingerprint density at radius 2 is 1.97 bits per heavy atom. The van der Waals surface area contributed by atoms with Gasteiger partial charge in [0.2, 0.25) is 0 Å². The Labute approximate surface area is 178 Å². The smallest absolute Gasteiger partial charge is 0.314 e. The Balaban J connectivity index is 1.39. The number of piperazine rings is 1. The van der Waals surface area contributed by atoms with Crippen LogP contribution in [0.3, 0.4) is 0 Å². The van der Waals surface area contributed by atoms with Gasteiger partial charge in [0.25, 0.3) is 0 Å². The minimum Gasteiger partial charge on any atom is -0.348 e. The number of H-pyrrole nitrogens is 1. The fourth-order valence-electron chi connectivity index (χ4n) is 3.70. The maximum Gasteiger partial charge on any atom is 0.314 e. The summed E-state index contributed by atoms with van der Waals surface area (Å²) in [6.45, 7) is 6.43. The van der Waals surface area contributed by atoms with Crippen LogP contribution in [0.2, 0.25) is 0 Å². The molecule has 2 N–H and O–H groups in total. The van der Waals surface area contributed by atoms with Gasteiger partial charge >= 0.3 is 11.8 Å². The van der Waals surface area contributed by atoms with E-state index in [4.69, 9.17) is 0 Å². The van der Waals surface area contributed by atoms with Crippen molar-refractivity contribution in [3.8, 4) is 5.69 Å². The highest BCUT2D eigenvalue weighted by atomic mass is 19.1. The van der Waals surface area contributed by atoms with E-state index >= 15 is 0 Å². The first-order valence-corrected chi connectivity index (χ1v) is 10.1. The zero-order valence-corrected chi connectivity index (χ0v) is 17.4. The maximum atomic E-state index is 13.6. The summed E-state index contributed by atoms with van der Waals surface area (Å²) in [6.07, 6.45) is 3.49. The predicted octanol–water partition coefficient (Wildman–Crippen LogP) is 1.63. The number of amides is 2. The number of halogens is 1. The van der Waals surface area contributed by atoms with Crippen LogP contribution in [0.5, 0.6) is 0 Å². The highest BCUT2D eigenvalue weighted by Crippen LogP contribution is 2.23. The summed E-state index contributed by atoms with van der Waals surface area (Å²) in [4.78, 5) is 36.3. The molecule has 10 heteroatoms. The van der Waals surface area contributed by atoms with Gasteiger partial charge in [-0.25, -0.2) is 14.1 Å². The molecule has 1 aliphatic heterocycles. The van der Waals surface area contributed by atoms with Crippen molar-refractivity contribution in [2.75, 3.05) is 31.5 Å². The average Bonchev–Trinajstić information content (AvgIpc) is 3.37. The summed E-state index contributed by atoms with van der Waals surface area (Å²) in [6, 6.07) is 6.03. The Hall–Kier alpha value is -3.53. The Morgan fingerprint density at radius 3 is 2.65 bits per heavy atom. The Kier molecular flexibility index (Phi) is 5.81. The van der Waals surface area contributed by atoms with E-state index in [1.54, 1.807) is 48.0 Å². The van der Waals surface area contributed by atoms with Gasteiger partial charge in [-0.15, -0.1) is 0 Å². The van der Waals surface area contributed by atoms with Gasteiger partial charge in [0.1, 0.15) is 11.6 Å². The van der Waals surface area contributed by atoms with Gasteiger partial charge < -0.3 is 15.2 Å². The summed E-state index contributed by atoms with van der Waals surface area (Å²) in [7, 11) is 0. The van der Waals surface area contributed by atoms with Crippen LogP contribution in [-0.4, -0.2) is 67.5 Å². The molecule has 3 heterocycles. The molecule has 1 fully saturated rings. The van der Waals surface area contributed by atoms with Gasteiger partial charge in [-0.1, -0.05) is 6.07 Å². The number of aromatic amines is 1. The average molecular weight is 425 g/mol. The van der Waals surface area contributed by atoms with E-state index in [0.29, 0.717) is 55.5 Å². The number of rotatable bonds is 4. The number of benzene rings is 1. The molecule has 0 aliphatic carbocycles. The molecule has 3 aromatic rings. The molecular formula is C21H24FN7O2. The highest BCUT2D eigenvalue weighted by Gasteiger charge is 2.27. The number of imidazole rings is 1. The quantitative estimate of drug-likeness (QED) is 0.619. The van der Waals surface area contributed by atoms with Crippen molar-refractivity contribution >= 4 is 17.5 Å².